The molecule has 2 heterocycles. The van der Waals surface area contributed by atoms with Crippen molar-refractivity contribution < 1.29 is 4.79 Å². The van der Waals surface area contributed by atoms with Gasteiger partial charge in [-0.2, -0.15) is 0 Å². The molecular weight excluding hydrogens is 396 g/mol. The number of nitrogens with zero attached hydrogens (tertiary/aromatic N) is 4. The van der Waals surface area contributed by atoms with Crippen molar-refractivity contribution in [2.45, 2.75) is 78.7 Å². The van der Waals surface area contributed by atoms with Crippen LogP contribution in [0, 0.1) is 0 Å². The Bertz CT molecular complexity index is 890. The Morgan fingerprint density at radius 1 is 1.13 bits per heavy atom. The summed E-state index contributed by atoms with van der Waals surface area (Å²) in [5.41, 5.74) is 2.80. The zero-order valence-corrected chi connectivity index (χ0v) is 19.8. The van der Waals surface area contributed by atoms with Gasteiger partial charge in [0.25, 0.3) is 5.91 Å². The van der Waals surface area contributed by atoms with Gasteiger partial charge in [-0.1, -0.05) is 71.0 Å². The van der Waals surface area contributed by atoms with Crippen molar-refractivity contribution in [2.75, 3.05) is 18.6 Å². The highest BCUT2D eigenvalue weighted by atomic mass is 35.5. The number of anilines is 2. The Morgan fingerprint density at radius 2 is 1.87 bits per heavy atom. The maximum Gasteiger partial charge on any atom is 0.275 e. The third-order valence-corrected chi connectivity index (χ3v) is 6.22. The zero-order chi connectivity index (χ0) is 21.8. The van der Waals surface area contributed by atoms with Crippen LogP contribution in [0.25, 0.3) is 0 Å². The average Bonchev–Trinajstić information content (AvgIpc) is 3.09. The van der Waals surface area contributed by atoms with Crippen LogP contribution in [0.4, 0.5) is 11.5 Å². The first kappa shape index (κ1) is 22.7. The van der Waals surface area contributed by atoms with E-state index in [4.69, 9.17) is 16.6 Å². The number of hydrogen-bond donors (Lipinski definition) is 0. The lowest BCUT2D eigenvalue weighted by Crippen LogP contribution is -2.43. The van der Waals surface area contributed by atoms with E-state index in [1.165, 1.54) is 31.2 Å². The normalized spacial score (nSPS) is 14.0. The van der Waals surface area contributed by atoms with Crippen LogP contribution >= 0.6 is 11.6 Å². The summed E-state index contributed by atoms with van der Waals surface area (Å²) in [5.74, 6) is 2.16. The summed E-state index contributed by atoms with van der Waals surface area (Å²) >= 11 is 6.69. The van der Waals surface area contributed by atoms with Crippen molar-refractivity contribution in [3.63, 3.8) is 0 Å². The fourth-order valence-corrected chi connectivity index (χ4v) is 4.38. The van der Waals surface area contributed by atoms with E-state index in [-0.39, 0.29) is 5.91 Å². The molecular formula is C24H35ClN4O. The molecule has 0 saturated carbocycles. The van der Waals surface area contributed by atoms with Gasteiger partial charge in [-0.05, 0) is 30.0 Å². The van der Waals surface area contributed by atoms with E-state index < -0.39 is 0 Å². The van der Waals surface area contributed by atoms with Gasteiger partial charge < -0.3 is 14.4 Å². The van der Waals surface area contributed by atoms with E-state index in [0.717, 1.165) is 36.7 Å². The number of imidazole rings is 1. The molecule has 0 aliphatic carbocycles. The summed E-state index contributed by atoms with van der Waals surface area (Å²) in [7, 11) is 1.85. The molecule has 0 saturated heterocycles. The summed E-state index contributed by atoms with van der Waals surface area (Å²) in [5, 5.41) is 0.696. The minimum Gasteiger partial charge on any atom is -0.322 e. The van der Waals surface area contributed by atoms with Gasteiger partial charge in [0, 0.05) is 20.0 Å². The fraction of sp³-hybridized carbons (Fsp3) is 0.583. The Balaban J connectivity index is 1.97. The van der Waals surface area contributed by atoms with E-state index >= 15 is 0 Å². The van der Waals surface area contributed by atoms with Crippen molar-refractivity contribution in [1.29, 1.82) is 0 Å². The molecule has 0 spiro atoms. The Kier molecular flexibility index (Phi) is 7.45. The fourth-order valence-electron chi connectivity index (χ4n) is 4.08. The molecule has 1 aromatic heterocycles. The lowest BCUT2D eigenvalue weighted by Gasteiger charge is -2.34. The molecule has 2 aromatic rings. The van der Waals surface area contributed by atoms with Crippen LogP contribution < -0.4 is 4.90 Å². The van der Waals surface area contributed by atoms with Crippen molar-refractivity contribution in [1.82, 2.24) is 14.5 Å². The van der Waals surface area contributed by atoms with E-state index in [9.17, 15) is 4.79 Å². The molecule has 0 fully saturated rings. The number of aryl methyl sites for hydroxylation is 1. The molecule has 0 radical (unpaired) electrons. The summed E-state index contributed by atoms with van der Waals surface area (Å²) < 4.78 is 2.14. The Morgan fingerprint density at radius 3 is 2.50 bits per heavy atom. The van der Waals surface area contributed by atoms with Gasteiger partial charge in [-0.15, -0.1) is 0 Å². The second kappa shape index (κ2) is 9.86. The second-order valence-corrected chi connectivity index (χ2v) is 8.96. The molecule has 1 aliphatic heterocycles. The molecule has 0 N–H and O–H groups in total. The minimum absolute atomic E-state index is 0.0388. The first-order chi connectivity index (χ1) is 14.4. The van der Waals surface area contributed by atoms with Crippen molar-refractivity contribution in [3.05, 3.63) is 40.3 Å². The molecule has 0 bridgehead atoms. The molecule has 0 atom stereocenters. The lowest BCUT2D eigenvalue weighted by molar-refractivity contribution is 0.0775. The van der Waals surface area contributed by atoms with E-state index in [2.05, 4.69) is 49.3 Å². The quantitative estimate of drug-likeness (QED) is 0.433. The standard InChI is InChI=1S/C24H35ClN4O/c1-6-8-9-10-11-14-28-21(7-2)26-23-22(28)24(30)27(5)16-29(23)20-13-12-18(17(3)4)15-19(20)25/h12-13,15,17H,6-11,14,16H2,1-5H3. The monoisotopic (exact) mass is 430 g/mol. The van der Waals surface area contributed by atoms with Gasteiger partial charge in [-0.3, -0.25) is 4.79 Å². The van der Waals surface area contributed by atoms with Crippen molar-refractivity contribution >= 4 is 29.0 Å². The highest BCUT2D eigenvalue weighted by Crippen LogP contribution is 2.38. The van der Waals surface area contributed by atoms with Gasteiger partial charge >= 0.3 is 0 Å². The number of benzene rings is 1. The highest BCUT2D eigenvalue weighted by molar-refractivity contribution is 6.33. The van der Waals surface area contributed by atoms with Crippen molar-refractivity contribution in [3.8, 4) is 0 Å². The van der Waals surface area contributed by atoms with Gasteiger partial charge in [-0.25, -0.2) is 4.98 Å². The van der Waals surface area contributed by atoms with Crippen molar-refractivity contribution in [2.24, 2.45) is 0 Å². The number of amides is 1. The highest BCUT2D eigenvalue weighted by Gasteiger charge is 2.35. The van der Waals surface area contributed by atoms with E-state index in [1.807, 2.05) is 13.1 Å². The van der Waals surface area contributed by atoms with Crippen LogP contribution in [-0.2, 0) is 13.0 Å². The van der Waals surface area contributed by atoms with Crippen LogP contribution in [0.3, 0.4) is 0 Å². The van der Waals surface area contributed by atoms with Gasteiger partial charge in [0.15, 0.2) is 11.5 Å². The smallest absolute Gasteiger partial charge is 0.275 e. The Hall–Kier alpha value is -2.01. The van der Waals surface area contributed by atoms with E-state index in [1.54, 1.807) is 4.90 Å². The van der Waals surface area contributed by atoms with Crippen LogP contribution in [0.15, 0.2) is 18.2 Å². The number of carbonyl (C=O) groups is 1. The SMILES string of the molecule is CCCCCCCn1c(CC)nc2c1C(=O)N(C)CN2c1ccc(C(C)C)cc1Cl. The Labute approximate surface area is 186 Å². The van der Waals surface area contributed by atoms with Crippen LogP contribution in [0.5, 0.6) is 0 Å². The molecule has 30 heavy (non-hydrogen) atoms. The number of aromatic nitrogens is 2. The van der Waals surface area contributed by atoms with E-state index in [0.29, 0.717) is 23.3 Å². The van der Waals surface area contributed by atoms with Crippen LogP contribution in [0.2, 0.25) is 5.02 Å². The molecule has 1 aromatic carbocycles. The van der Waals surface area contributed by atoms with Crippen LogP contribution in [-0.4, -0.2) is 34.1 Å². The molecule has 1 amide bonds. The second-order valence-electron chi connectivity index (χ2n) is 8.56. The summed E-state index contributed by atoms with van der Waals surface area (Å²) in [6.07, 6.45) is 6.79. The number of unbranched alkanes of at least 4 members (excludes halogenated alkanes) is 4. The molecule has 0 unspecified atom stereocenters. The maximum atomic E-state index is 13.1. The third kappa shape index (κ3) is 4.51. The number of rotatable bonds is 9. The van der Waals surface area contributed by atoms with Gasteiger partial charge in [0.1, 0.15) is 5.82 Å². The minimum atomic E-state index is 0.0388. The van der Waals surface area contributed by atoms with Gasteiger partial charge in [0.2, 0.25) is 0 Å². The largest absolute Gasteiger partial charge is 0.322 e. The number of fused-ring (bicyclic) bond motifs is 1. The summed E-state index contributed by atoms with van der Waals surface area (Å²) in [6, 6.07) is 6.21. The summed E-state index contributed by atoms with van der Waals surface area (Å²) in [4.78, 5) is 21.9. The predicted molar refractivity (Wildman–Crippen MR) is 125 cm³/mol. The first-order valence-corrected chi connectivity index (χ1v) is 11.7. The number of carbonyl (C=O) groups excluding carboxylic acids is 1. The van der Waals surface area contributed by atoms with Crippen LogP contribution in [0.1, 0.15) is 87.6 Å². The molecule has 1 aliphatic rings. The summed E-state index contributed by atoms with van der Waals surface area (Å²) in [6.45, 7) is 9.93. The molecule has 5 nitrogen and oxygen atoms in total. The lowest BCUT2D eigenvalue weighted by atomic mass is 10.0. The first-order valence-electron chi connectivity index (χ1n) is 11.3. The number of hydrogen-bond acceptors (Lipinski definition) is 3. The molecule has 164 valence electrons. The topological polar surface area (TPSA) is 41.4 Å². The maximum absolute atomic E-state index is 13.1. The van der Waals surface area contributed by atoms with Gasteiger partial charge in [0.05, 0.1) is 17.4 Å². The third-order valence-electron chi connectivity index (χ3n) is 5.92. The number of halogens is 1. The molecule has 3 rings (SSSR count). The zero-order valence-electron chi connectivity index (χ0n) is 19.0. The molecule has 6 heteroatoms. The average molecular weight is 431 g/mol. The predicted octanol–water partition coefficient (Wildman–Crippen LogP) is 6.37.